The van der Waals surface area contributed by atoms with Crippen LogP contribution in [0.5, 0.6) is 0 Å². The van der Waals surface area contributed by atoms with E-state index < -0.39 is 0 Å². The van der Waals surface area contributed by atoms with Crippen LogP contribution in [-0.2, 0) is 6.42 Å². The highest BCUT2D eigenvalue weighted by Gasteiger charge is 2.14. The van der Waals surface area contributed by atoms with Crippen molar-refractivity contribution in [3.05, 3.63) is 70.8 Å². The van der Waals surface area contributed by atoms with Gasteiger partial charge in [-0.3, -0.25) is 11.3 Å². The second kappa shape index (κ2) is 5.91. The fraction of sp³-hybridized carbons (Fsp3) is 0.200. The number of hydrogen-bond donors (Lipinski definition) is 2. The van der Waals surface area contributed by atoms with E-state index in [9.17, 15) is 8.78 Å². The minimum Gasteiger partial charge on any atom is -0.271 e. The molecule has 19 heavy (non-hydrogen) atoms. The van der Waals surface area contributed by atoms with Crippen molar-refractivity contribution in [2.24, 2.45) is 5.84 Å². The van der Waals surface area contributed by atoms with Crippen molar-refractivity contribution in [3.8, 4) is 0 Å². The van der Waals surface area contributed by atoms with Crippen LogP contribution in [0.3, 0.4) is 0 Å². The molecular formula is C15H16F2N2. The molecule has 0 aliphatic rings. The molecular weight excluding hydrogens is 246 g/mol. The molecule has 0 heterocycles. The van der Waals surface area contributed by atoms with Crippen LogP contribution in [0.4, 0.5) is 8.78 Å². The Balaban J connectivity index is 2.25. The van der Waals surface area contributed by atoms with E-state index in [-0.39, 0.29) is 17.7 Å². The summed E-state index contributed by atoms with van der Waals surface area (Å²) in [7, 11) is 0. The normalized spacial score (nSPS) is 12.4. The monoisotopic (exact) mass is 262 g/mol. The van der Waals surface area contributed by atoms with E-state index in [1.54, 1.807) is 37.3 Å². The summed E-state index contributed by atoms with van der Waals surface area (Å²) in [5, 5.41) is 0. The first-order chi connectivity index (χ1) is 9.11. The lowest BCUT2D eigenvalue weighted by atomic mass is 9.97. The summed E-state index contributed by atoms with van der Waals surface area (Å²) >= 11 is 0. The van der Waals surface area contributed by atoms with Crippen LogP contribution < -0.4 is 11.3 Å². The Hall–Kier alpha value is -1.78. The Morgan fingerprint density at radius 3 is 2.47 bits per heavy atom. The molecule has 2 nitrogen and oxygen atoms in total. The molecule has 0 saturated carbocycles. The second-order valence-electron chi connectivity index (χ2n) is 4.52. The van der Waals surface area contributed by atoms with Crippen molar-refractivity contribution >= 4 is 0 Å². The van der Waals surface area contributed by atoms with Crippen LogP contribution >= 0.6 is 0 Å². The highest BCUT2D eigenvalue weighted by molar-refractivity contribution is 5.29. The van der Waals surface area contributed by atoms with Crippen LogP contribution in [-0.4, -0.2) is 0 Å². The molecule has 0 radical (unpaired) electrons. The minimum absolute atomic E-state index is 0.254. The lowest BCUT2D eigenvalue weighted by Crippen LogP contribution is -2.29. The van der Waals surface area contributed by atoms with Gasteiger partial charge in [-0.25, -0.2) is 8.78 Å². The van der Waals surface area contributed by atoms with Gasteiger partial charge in [0.15, 0.2) is 0 Å². The summed E-state index contributed by atoms with van der Waals surface area (Å²) in [6, 6.07) is 11.1. The Labute approximate surface area is 111 Å². The number of hydrogen-bond acceptors (Lipinski definition) is 2. The highest BCUT2D eigenvalue weighted by atomic mass is 19.1. The van der Waals surface area contributed by atoms with E-state index in [0.29, 0.717) is 17.5 Å². The first kappa shape index (κ1) is 13.6. The van der Waals surface area contributed by atoms with Gasteiger partial charge < -0.3 is 0 Å². The summed E-state index contributed by atoms with van der Waals surface area (Å²) < 4.78 is 26.9. The summed E-state index contributed by atoms with van der Waals surface area (Å²) in [6.07, 6.45) is 0.411. The van der Waals surface area contributed by atoms with Crippen molar-refractivity contribution in [1.29, 1.82) is 0 Å². The van der Waals surface area contributed by atoms with E-state index in [1.807, 2.05) is 0 Å². The maximum atomic E-state index is 13.6. The van der Waals surface area contributed by atoms with E-state index in [2.05, 4.69) is 5.43 Å². The lowest BCUT2D eigenvalue weighted by Gasteiger charge is -2.17. The second-order valence-corrected chi connectivity index (χ2v) is 4.52. The van der Waals surface area contributed by atoms with Gasteiger partial charge in [0, 0.05) is 0 Å². The van der Waals surface area contributed by atoms with Crippen LogP contribution in [0.15, 0.2) is 42.5 Å². The number of aryl methyl sites for hydroxylation is 1. The predicted molar refractivity (Wildman–Crippen MR) is 71.3 cm³/mol. The first-order valence-electron chi connectivity index (χ1n) is 6.07. The minimum atomic E-state index is -0.262. The van der Waals surface area contributed by atoms with Gasteiger partial charge in [0.05, 0.1) is 6.04 Å². The molecule has 2 aromatic carbocycles. The van der Waals surface area contributed by atoms with Crippen LogP contribution in [0.2, 0.25) is 0 Å². The van der Waals surface area contributed by atoms with Crippen molar-refractivity contribution in [1.82, 2.24) is 5.43 Å². The third-order valence-corrected chi connectivity index (χ3v) is 3.17. The molecule has 0 bridgehead atoms. The van der Waals surface area contributed by atoms with Gasteiger partial charge in [-0.1, -0.05) is 30.3 Å². The van der Waals surface area contributed by atoms with Gasteiger partial charge in [0.1, 0.15) is 11.6 Å². The lowest BCUT2D eigenvalue weighted by molar-refractivity contribution is 0.527. The van der Waals surface area contributed by atoms with E-state index >= 15 is 0 Å². The molecule has 3 N–H and O–H groups in total. The fourth-order valence-corrected chi connectivity index (χ4v) is 2.04. The van der Waals surface area contributed by atoms with Gasteiger partial charge in [-0.15, -0.1) is 0 Å². The Morgan fingerprint density at radius 2 is 1.84 bits per heavy atom. The number of halogens is 2. The molecule has 0 aromatic heterocycles. The fourth-order valence-electron chi connectivity index (χ4n) is 2.04. The molecule has 0 spiro atoms. The maximum Gasteiger partial charge on any atom is 0.126 e. The zero-order chi connectivity index (χ0) is 13.8. The molecule has 4 heteroatoms. The number of nitrogens with one attached hydrogen (secondary N) is 1. The average molecular weight is 262 g/mol. The topological polar surface area (TPSA) is 38.0 Å². The van der Waals surface area contributed by atoms with E-state index in [1.165, 1.54) is 12.1 Å². The molecule has 0 aliphatic heterocycles. The van der Waals surface area contributed by atoms with Gasteiger partial charge in [0.2, 0.25) is 0 Å². The summed E-state index contributed by atoms with van der Waals surface area (Å²) in [6.45, 7) is 1.69. The van der Waals surface area contributed by atoms with Crippen molar-refractivity contribution < 1.29 is 8.78 Å². The van der Waals surface area contributed by atoms with Crippen molar-refractivity contribution in [3.63, 3.8) is 0 Å². The molecule has 1 atom stereocenters. The van der Waals surface area contributed by atoms with Crippen LogP contribution in [0.1, 0.15) is 22.7 Å². The molecule has 2 aromatic rings. The maximum absolute atomic E-state index is 13.6. The molecule has 100 valence electrons. The SMILES string of the molecule is Cc1cc(C(Cc2ccccc2F)NN)ccc1F. The van der Waals surface area contributed by atoms with Crippen molar-refractivity contribution in [2.45, 2.75) is 19.4 Å². The van der Waals surface area contributed by atoms with Gasteiger partial charge in [-0.05, 0) is 42.2 Å². The summed E-state index contributed by atoms with van der Waals surface area (Å²) in [5.41, 5.74) is 4.61. The zero-order valence-corrected chi connectivity index (χ0v) is 10.7. The van der Waals surface area contributed by atoms with Gasteiger partial charge in [-0.2, -0.15) is 0 Å². The van der Waals surface area contributed by atoms with E-state index in [4.69, 9.17) is 5.84 Å². The van der Waals surface area contributed by atoms with Gasteiger partial charge >= 0.3 is 0 Å². The predicted octanol–water partition coefficient (Wildman–Crippen LogP) is 3.02. The standard InChI is InChI=1S/C15H16F2N2/c1-10-8-12(6-7-13(10)16)15(19-18)9-11-4-2-3-5-14(11)17/h2-8,15,19H,9,18H2,1H3. The molecule has 0 aliphatic carbocycles. The molecule has 1 unspecified atom stereocenters. The summed E-state index contributed by atoms with van der Waals surface area (Å²) in [5.74, 6) is 5.00. The molecule has 0 fully saturated rings. The van der Waals surface area contributed by atoms with E-state index in [0.717, 1.165) is 5.56 Å². The van der Waals surface area contributed by atoms with Gasteiger partial charge in [0.25, 0.3) is 0 Å². The highest BCUT2D eigenvalue weighted by Crippen LogP contribution is 2.21. The first-order valence-corrected chi connectivity index (χ1v) is 6.07. The quantitative estimate of drug-likeness (QED) is 0.656. The Kier molecular flexibility index (Phi) is 4.24. The molecule has 0 saturated heterocycles. The number of benzene rings is 2. The Morgan fingerprint density at radius 1 is 1.11 bits per heavy atom. The number of rotatable bonds is 4. The van der Waals surface area contributed by atoms with Crippen LogP contribution in [0, 0.1) is 18.6 Å². The van der Waals surface area contributed by atoms with Crippen molar-refractivity contribution in [2.75, 3.05) is 0 Å². The number of nitrogens with two attached hydrogens (primary N) is 1. The summed E-state index contributed by atoms with van der Waals surface area (Å²) in [4.78, 5) is 0. The zero-order valence-electron chi connectivity index (χ0n) is 10.7. The van der Waals surface area contributed by atoms with Crippen LogP contribution in [0.25, 0.3) is 0 Å². The third-order valence-electron chi connectivity index (χ3n) is 3.17. The average Bonchev–Trinajstić information content (AvgIpc) is 2.41. The number of hydrazine groups is 1. The largest absolute Gasteiger partial charge is 0.271 e. The smallest absolute Gasteiger partial charge is 0.126 e. The Bertz CT molecular complexity index is 570. The third kappa shape index (κ3) is 3.16. The molecule has 0 amide bonds. The molecule has 2 rings (SSSR count).